The summed E-state index contributed by atoms with van der Waals surface area (Å²) in [6.07, 6.45) is 4.54. The number of aliphatic hydroxyl groups is 1. The maximum absolute atomic E-state index is 12.4. The first kappa shape index (κ1) is 15.2. The predicted molar refractivity (Wildman–Crippen MR) is 71.8 cm³/mol. The zero-order valence-corrected chi connectivity index (χ0v) is 11.6. The van der Waals surface area contributed by atoms with Crippen molar-refractivity contribution in [2.24, 2.45) is 0 Å². The van der Waals surface area contributed by atoms with E-state index in [1.807, 2.05) is 0 Å². The van der Waals surface area contributed by atoms with Crippen LogP contribution in [-0.4, -0.2) is 33.9 Å². The lowest BCUT2D eigenvalue weighted by atomic mass is 10.0. The molecule has 0 saturated heterocycles. The van der Waals surface area contributed by atoms with Crippen molar-refractivity contribution in [1.29, 1.82) is 0 Å². The number of hydrogen-bond acceptors (Lipinski definition) is 4. The van der Waals surface area contributed by atoms with Crippen molar-refractivity contribution < 1.29 is 18.7 Å². The van der Waals surface area contributed by atoms with E-state index in [1.165, 1.54) is 18.3 Å². The van der Waals surface area contributed by atoms with Crippen molar-refractivity contribution in [3.8, 4) is 0 Å². The van der Waals surface area contributed by atoms with E-state index in [-0.39, 0.29) is 28.9 Å². The lowest BCUT2D eigenvalue weighted by molar-refractivity contribution is 0.0449. The number of rotatable bonds is 5. The molecule has 1 aromatic rings. The molecule has 110 valence electrons. The first-order valence-corrected chi connectivity index (χ1v) is 7.29. The van der Waals surface area contributed by atoms with Crippen LogP contribution < -0.4 is 5.32 Å². The van der Waals surface area contributed by atoms with Crippen molar-refractivity contribution >= 4 is 17.7 Å². The molecule has 1 aliphatic rings. The molecule has 2 N–H and O–H groups in total. The highest BCUT2D eigenvalue weighted by Gasteiger charge is 2.31. The molecule has 1 aromatic heterocycles. The third-order valence-electron chi connectivity index (χ3n) is 3.33. The summed E-state index contributed by atoms with van der Waals surface area (Å²) in [5.74, 6) is -3.11. The normalized spacial score (nSPS) is 17.4. The molecule has 0 aromatic carbocycles. The highest BCUT2D eigenvalue weighted by Crippen LogP contribution is 2.29. The van der Waals surface area contributed by atoms with Crippen LogP contribution in [0.3, 0.4) is 0 Å². The lowest BCUT2D eigenvalue weighted by Gasteiger charge is -2.22. The van der Waals surface area contributed by atoms with Crippen LogP contribution in [-0.2, 0) is 0 Å². The quantitative estimate of drug-likeness (QED) is 0.820. The molecule has 1 aliphatic carbocycles. The van der Waals surface area contributed by atoms with E-state index in [0.29, 0.717) is 12.8 Å². The number of pyridine rings is 1. The van der Waals surface area contributed by atoms with Crippen LogP contribution in [0.4, 0.5) is 8.78 Å². The number of carbonyl (C=O) groups excluding carboxylic acids is 1. The van der Waals surface area contributed by atoms with Crippen LogP contribution in [0.15, 0.2) is 23.4 Å². The Bertz CT molecular complexity index is 479. The number of alkyl halides is 2. The molecule has 0 aliphatic heterocycles. The topological polar surface area (TPSA) is 62.2 Å². The molecule has 1 saturated carbocycles. The second-order valence-corrected chi connectivity index (χ2v) is 5.83. The molecule has 0 spiro atoms. The van der Waals surface area contributed by atoms with E-state index < -0.39 is 17.3 Å². The Hall–Kier alpha value is -1.21. The Kier molecular flexibility index (Phi) is 4.93. The van der Waals surface area contributed by atoms with Crippen molar-refractivity contribution in [2.75, 3.05) is 6.54 Å². The largest absolute Gasteiger partial charge is 0.388 e. The molecule has 20 heavy (non-hydrogen) atoms. The zero-order chi connectivity index (χ0) is 14.6. The Balaban J connectivity index is 2.01. The minimum absolute atomic E-state index is 0.00147. The van der Waals surface area contributed by atoms with Gasteiger partial charge < -0.3 is 10.4 Å². The highest BCUT2D eigenvalue weighted by molar-refractivity contribution is 7.99. The van der Waals surface area contributed by atoms with E-state index in [4.69, 9.17) is 0 Å². The average Bonchev–Trinajstić information content (AvgIpc) is 2.83. The Morgan fingerprint density at radius 1 is 1.50 bits per heavy atom. The number of nitrogens with zero attached hydrogens (tertiary/aromatic N) is 1. The fraction of sp³-hybridized carbons (Fsp3) is 0.538. The Morgan fingerprint density at radius 2 is 2.20 bits per heavy atom. The Morgan fingerprint density at radius 3 is 2.85 bits per heavy atom. The van der Waals surface area contributed by atoms with E-state index in [9.17, 15) is 18.7 Å². The van der Waals surface area contributed by atoms with Gasteiger partial charge in [-0.3, -0.25) is 4.79 Å². The van der Waals surface area contributed by atoms with Gasteiger partial charge in [0.25, 0.3) is 11.7 Å². The summed E-state index contributed by atoms with van der Waals surface area (Å²) < 4.78 is 24.8. The molecule has 7 heteroatoms. The third-order valence-corrected chi connectivity index (χ3v) is 4.06. The van der Waals surface area contributed by atoms with Crippen LogP contribution in [0.1, 0.15) is 36.0 Å². The fourth-order valence-corrected chi connectivity index (χ4v) is 2.87. The van der Waals surface area contributed by atoms with Gasteiger partial charge >= 0.3 is 0 Å². The van der Waals surface area contributed by atoms with Crippen LogP contribution in [0.5, 0.6) is 0 Å². The standard InChI is InChI=1S/C13H16F2N2O2S/c14-12(15)20-11-9(4-3-7-16-11)10(18)17-8-13(19)5-1-2-6-13/h3-4,7,12,19H,1-2,5-6,8H2,(H,17,18). The van der Waals surface area contributed by atoms with Crippen molar-refractivity contribution in [1.82, 2.24) is 10.3 Å². The van der Waals surface area contributed by atoms with Gasteiger partial charge in [-0.2, -0.15) is 8.78 Å². The Labute approximate surface area is 120 Å². The van der Waals surface area contributed by atoms with Gasteiger partial charge in [0.15, 0.2) is 0 Å². The molecule has 1 amide bonds. The molecular formula is C13H16F2N2O2S. The maximum Gasteiger partial charge on any atom is 0.290 e. The molecule has 0 radical (unpaired) electrons. The van der Waals surface area contributed by atoms with E-state index in [2.05, 4.69) is 10.3 Å². The maximum atomic E-state index is 12.4. The first-order valence-electron chi connectivity index (χ1n) is 6.41. The third kappa shape index (κ3) is 3.89. The predicted octanol–water partition coefficient (Wildman–Crippen LogP) is 2.43. The summed E-state index contributed by atoms with van der Waals surface area (Å²) in [5.41, 5.74) is -0.757. The van der Waals surface area contributed by atoms with Crippen LogP contribution in [0, 0.1) is 0 Å². The van der Waals surface area contributed by atoms with Gasteiger partial charge in [0.2, 0.25) is 0 Å². The van der Waals surface area contributed by atoms with Gasteiger partial charge in [0, 0.05) is 12.7 Å². The summed E-state index contributed by atoms with van der Waals surface area (Å²) in [4.78, 5) is 15.8. The molecule has 0 atom stereocenters. The molecule has 1 heterocycles. The molecule has 0 unspecified atom stereocenters. The number of hydrogen-bond donors (Lipinski definition) is 2. The van der Waals surface area contributed by atoms with Crippen LogP contribution >= 0.6 is 11.8 Å². The second kappa shape index (κ2) is 6.49. The number of nitrogens with one attached hydrogen (secondary N) is 1. The summed E-state index contributed by atoms with van der Waals surface area (Å²) >= 11 is 0.243. The zero-order valence-electron chi connectivity index (χ0n) is 10.8. The van der Waals surface area contributed by atoms with Gasteiger partial charge in [-0.1, -0.05) is 12.8 Å². The van der Waals surface area contributed by atoms with Crippen molar-refractivity contribution in [3.63, 3.8) is 0 Å². The minimum Gasteiger partial charge on any atom is -0.388 e. The molecule has 4 nitrogen and oxygen atoms in total. The van der Waals surface area contributed by atoms with Gasteiger partial charge in [0.05, 0.1) is 11.2 Å². The first-order chi connectivity index (χ1) is 9.50. The summed E-state index contributed by atoms with van der Waals surface area (Å²) in [5, 5.41) is 12.8. The smallest absolute Gasteiger partial charge is 0.290 e. The summed E-state index contributed by atoms with van der Waals surface area (Å²) in [6.45, 7) is 0.138. The van der Waals surface area contributed by atoms with Gasteiger partial charge in [0.1, 0.15) is 5.03 Å². The number of aromatic nitrogens is 1. The van der Waals surface area contributed by atoms with E-state index in [1.54, 1.807) is 0 Å². The fourth-order valence-electron chi connectivity index (χ4n) is 2.29. The van der Waals surface area contributed by atoms with Gasteiger partial charge in [-0.25, -0.2) is 4.98 Å². The summed E-state index contributed by atoms with van der Waals surface area (Å²) in [7, 11) is 0. The molecule has 0 bridgehead atoms. The van der Waals surface area contributed by atoms with Crippen molar-refractivity contribution in [3.05, 3.63) is 23.9 Å². The van der Waals surface area contributed by atoms with E-state index in [0.717, 1.165) is 12.8 Å². The second-order valence-electron chi connectivity index (χ2n) is 4.85. The van der Waals surface area contributed by atoms with E-state index >= 15 is 0 Å². The molecular weight excluding hydrogens is 286 g/mol. The van der Waals surface area contributed by atoms with Gasteiger partial charge in [-0.05, 0) is 36.7 Å². The van der Waals surface area contributed by atoms with Crippen LogP contribution in [0.25, 0.3) is 0 Å². The number of carbonyl (C=O) groups is 1. The monoisotopic (exact) mass is 302 g/mol. The SMILES string of the molecule is O=C(NCC1(O)CCCC1)c1cccnc1SC(F)F. The average molecular weight is 302 g/mol. The lowest BCUT2D eigenvalue weighted by Crippen LogP contribution is -2.40. The van der Waals surface area contributed by atoms with Crippen molar-refractivity contribution in [2.45, 2.75) is 42.1 Å². The van der Waals surface area contributed by atoms with Gasteiger partial charge in [-0.15, -0.1) is 0 Å². The number of thioether (sulfide) groups is 1. The number of amides is 1. The minimum atomic E-state index is -2.63. The highest BCUT2D eigenvalue weighted by atomic mass is 32.2. The summed E-state index contributed by atoms with van der Waals surface area (Å²) in [6, 6.07) is 2.97. The molecule has 2 rings (SSSR count). The van der Waals surface area contributed by atoms with Crippen LogP contribution in [0.2, 0.25) is 0 Å². The molecule has 1 fully saturated rings. The number of halogens is 2.